The van der Waals surface area contributed by atoms with Crippen LogP contribution in [0.15, 0.2) is 77.8 Å². The minimum absolute atomic E-state index is 0.244. The molecule has 1 aliphatic rings. The molecular weight excluding hydrogens is 496 g/mol. The van der Waals surface area contributed by atoms with Gasteiger partial charge in [0.2, 0.25) is 10.0 Å². The van der Waals surface area contributed by atoms with Gasteiger partial charge in [-0.15, -0.1) is 0 Å². The molecule has 36 heavy (non-hydrogen) atoms. The van der Waals surface area contributed by atoms with Crippen LogP contribution in [0, 0.1) is 0 Å². The molecule has 0 spiro atoms. The molecule has 3 N–H and O–H groups in total. The van der Waals surface area contributed by atoms with Gasteiger partial charge in [0.15, 0.2) is 0 Å². The molecular formula is C27H29ClN4O3S. The molecule has 0 atom stereocenters. The molecule has 0 unspecified atom stereocenters. The third-order valence-corrected chi connectivity index (χ3v) is 8.03. The topological polar surface area (TPSA) is 86.5 Å². The second kappa shape index (κ2) is 10.9. The van der Waals surface area contributed by atoms with Crippen molar-refractivity contribution in [2.75, 3.05) is 43.1 Å². The number of aryl methyl sites for hydroxylation is 1. The summed E-state index contributed by atoms with van der Waals surface area (Å²) in [4.78, 5) is 5.77. The molecule has 0 aliphatic carbocycles. The van der Waals surface area contributed by atoms with Crippen molar-refractivity contribution in [2.24, 2.45) is 0 Å². The van der Waals surface area contributed by atoms with Crippen molar-refractivity contribution in [3.05, 3.63) is 83.5 Å². The van der Waals surface area contributed by atoms with Crippen molar-refractivity contribution in [3.63, 3.8) is 0 Å². The Hall–Kier alpha value is -3.04. The molecule has 2 heterocycles. The fourth-order valence-electron chi connectivity index (χ4n) is 4.41. The Balaban J connectivity index is 1.16. The van der Waals surface area contributed by atoms with Gasteiger partial charge in [0.1, 0.15) is 0 Å². The Labute approximate surface area is 216 Å². The molecule has 0 amide bonds. The summed E-state index contributed by atoms with van der Waals surface area (Å²) in [6.45, 7) is 3.57. The zero-order valence-electron chi connectivity index (χ0n) is 19.8. The van der Waals surface area contributed by atoms with Crippen molar-refractivity contribution in [1.82, 2.24) is 9.71 Å². The van der Waals surface area contributed by atoms with Crippen molar-refractivity contribution < 1.29 is 13.2 Å². The van der Waals surface area contributed by atoms with E-state index in [1.54, 1.807) is 24.3 Å². The average Bonchev–Trinajstić information content (AvgIpc) is 3.29. The summed E-state index contributed by atoms with van der Waals surface area (Å²) < 4.78 is 33.7. The van der Waals surface area contributed by atoms with E-state index >= 15 is 0 Å². The Morgan fingerprint density at radius 2 is 1.78 bits per heavy atom. The quantitative estimate of drug-likeness (QED) is 0.258. The van der Waals surface area contributed by atoms with Gasteiger partial charge in [-0.2, -0.15) is 0 Å². The van der Waals surface area contributed by atoms with Gasteiger partial charge in [-0.05, 0) is 79.1 Å². The van der Waals surface area contributed by atoms with Crippen molar-refractivity contribution in [1.29, 1.82) is 0 Å². The monoisotopic (exact) mass is 524 g/mol. The largest absolute Gasteiger partial charge is 0.378 e. The van der Waals surface area contributed by atoms with Crippen LogP contribution < -0.4 is 14.9 Å². The lowest BCUT2D eigenvalue weighted by Crippen LogP contribution is -2.36. The fraction of sp³-hybridized carbons (Fsp3) is 0.259. The lowest BCUT2D eigenvalue weighted by Gasteiger charge is -2.29. The second-order valence-corrected chi connectivity index (χ2v) is 11.0. The van der Waals surface area contributed by atoms with E-state index in [1.165, 1.54) is 0 Å². The Bertz CT molecular complexity index is 1430. The van der Waals surface area contributed by atoms with E-state index in [0.717, 1.165) is 66.3 Å². The molecule has 188 valence electrons. The number of nitrogens with one attached hydrogen (secondary N) is 3. The number of sulfonamides is 1. The van der Waals surface area contributed by atoms with Gasteiger partial charge in [-0.25, -0.2) is 13.1 Å². The van der Waals surface area contributed by atoms with Gasteiger partial charge >= 0.3 is 0 Å². The molecule has 0 saturated carbocycles. The molecule has 7 nitrogen and oxygen atoms in total. The number of H-pyrrole nitrogens is 1. The SMILES string of the molecule is O=S(=O)(NCCCc1c[nH]c2ccc(Cl)cc12)c1ccc(Nc2cccc(N3CCOCC3)c2)cc1. The number of halogens is 1. The first-order chi connectivity index (χ1) is 17.5. The molecule has 0 radical (unpaired) electrons. The number of hydrogen-bond donors (Lipinski definition) is 3. The van der Waals surface area contributed by atoms with Gasteiger partial charge in [0, 0.05) is 58.8 Å². The molecule has 0 bridgehead atoms. The highest BCUT2D eigenvalue weighted by molar-refractivity contribution is 7.89. The molecule has 3 aromatic carbocycles. The van der Waals surface area contributed by atoms with Crippen LogP contribution in [0.5, 0.6) is 0 Å². The number of nitrogens with zero attached hydrogens (tertiary/aromatic N) is 1. The summed E-state index contributed by atoms with van der Waals surface area (Å²) in [5.41, 5.74) is 5.07. The van der Waals surface area contributed by atoms with Crippen LogP contribution in [0.3, 0.4) is 0 Å². The number of aromatic nitrogens is 1. The second-order valence-electron chi connectivity index (χ2n) is 8.80. The zero-order chi connectivity index (χ0) is 25.0. The van der Waals surface area contributed by atoms with Gasteiger partial charge in [0.25, 0.3) is 0 Å². The first kappa shape index (κ1) is 24.6. The predicted octanol–water partition coefficient (Wildman–Crippen LogP) is 5.31. The van der Waals surface area contributed by atoms with E-state index < -0.39 is 10.0 Å². The first-order valence-corrected chi connectivity index (χ1v) is 13.9. The summed E-state index contributed by atoms with van der Waals surface area (Å²) in [6, 6.07) is 20.7. The Morgan fingerprint density at radius 1 is 0.972 bits per heavy atom. The van der Waals surface area contributed by atoms with E-state index in [-0.39, 0.29) is 4.90 Å². The molecule has 1 aliphatic heterocycles. The van der Waals surface area contributed by atoms with Crippen LogP contribution in [-0.4, -0.2) is 46.2 Å². The molecule has 4 aromatic rings. The van der Waals surface area contributed by atoms with Crippen molar-refractivity contribution in [3.8, 4) is 0 Å². The van der Waals surface area contributed by atoms with Crippen LogP contribution in [0.2, 0.25) is 5.02 Å². The van der Waals surface area contributed by atoms with E-state index in [1.807, 2.05) is 36.5 Å². The number of aromatic amines is 1. The molecule has 9 heteroatoms. The summed E-state index contributed by atoms with van der Waals surface area (Å²) in [5, 5.41) is 5.12. The van der Waals surface area contributed by atoms with E-state index in [4.69, 9.17) is 16.3 Å². The number of anilines is 3. The Morgan fingerprint density at radius 3 is 2.58 bits per heavy atom. The summed E-state index contributed by atoms with van der Waals surface area (Å²) in [6.07, 6.45) is 3.38. The van der Waals surface area contributed by atoms with Gasteiger partial charge in [-0.3, -0.25) is 0 Å². The highest BCUT2D eigenvalue weighted by Crippen LogP contribution is 2.25. The van der Waals surface area contributed by atoms with Gasteiger partial charge < -0.3 is 19.9 Å². The number of morpholine rings is 1. The minimum atomic E-state index is -3.59. The number of benzene rings is 3. The predicted molar refractivity (Wildman–Crippen MR) is 146 cm³/mol. The average molecular weight is 525 g/mol. The maximum atomic E-state index is 12.8. The first-order valence-electron chi connectivity index (χ1n) is 12.0. The van der Waals surface area contributed by atoms with Gasteiger partial charge in [-0.1, -0.05) is 17.7 Å². The van der Waals surface area contributed by atoms with Crippen LogP contribution in [0.4, 0.5) is 17.1 Å². The third kappa shape index (κ3) is 5.84. The van der Waals surface area contributed by atoms with E-state index in [9.17, 15) is 8.42 Å². The number of fused-ring (bicyclic) bond motifs is 1. The number of hydrogen-bond acceptors (Lipinski definition) is 5. The highest BCUT2D eigenvalue weighted by Gasteiger charge is 2.14. The molecule has 1 aromatic heterocycles. The summed E-state index contributed by atoms with van der Waals surface area (Å²) in [7, 11) is -3.59. The number of rotatable bonds is 9. The zero-order valence-corrected chi connectivity index (χ0v) is 21.4. The normalized spacial score (nSPS) is 14.3. The minimum Gasteiger partial charge on any atom is -0.378 e. The molecule has 5 rings (SSSR count). The lowest BCUT2D eigenvalue weighted by molar-refractivity contribution is 0.122. The van der Waals surface area contributed by atoms with Gasteiger partial charge in [0.05, 0.1) is 18.1 Å². The molecule has 1 fully saturated rings. The smallest absolute Gasteiger partial charge is 0.240 e. The lowest BCUT2D eigenvalue weighted by atomic mass is 10.1. The number of ether oxygens (including phenoxy) is 1. The van der Waals surface area contributed by atoms with Crippen LogP contribution >= 0.6 is 11.6 Å². The summed E-state index contributed by atoms with van der Waals surface area (Å²) >= 11 is 6.12. The Kier molecular flexibility index (Phi) is 7.48. The highest BCUT2D eigenvalue weighted by atomic mass is 35.5. The molecule has 1 saturated heterocycles. The van der Waals surface area contributed by atoms with Crippen LogP contribution in [0.25, 0.3) is 10.9 Å². The van der Waals surface area contributed by atoms with Crippen molar-refractivity contribution in [2.45, 2.75) is 17.7 Å². The van der Waals surface area contributed by atoms with Crippen LogP contribution in [0.1, 0.15) is 12.0 Å². The van der Waals surface area contributed by atoms with Crippen LogP contribution in [-0.2, 0) is 21.2 Å². The standard InChI is InChI=1S/C27H29ClN4O3S/c28-21-6-11-27-26(17-21)20(19-29-27)3-2-12-30-36(33,34)25-9-7-22(8-10-25)31-23-4-1-5-24(18-23)32-13-15-35-16-14-32/h1,4-11,17-19,29-31H,2-3,12-16H2. The maximum absolute atomic E-state index is 12.8. The fourth-order valence-corrected chi connectivity index (χ4v) is 5.66. The van der Waals surface area contributed by atoms with E-state index in [2.05, 4.69) is 32.1 Å². The third-order valence-electron chi connectivity index (χ3n) is 6.32. The maximum Gasteiger partial charge on any atom is 0.240 e. The van der Waals surface area contributed by atoms with E-state index in [0.29, 0.717) is 18.0 Å². The van der Waals surface area contributed by atoms with Crippen molar-refractivity contribution >= 4 is 49.6 Å². The summed E-state index contributed by atoms with van der Waals surface area (Å²) in [5.74, 6) is 0.